The van der Waals surface area contributed by atoms with Crippen molar-refractivity contribution in [2.45, 2.75) is 45.1 Å². The number of Topliss-reactive ketones (excluding diaryl/α,β-unsaturated/α-hetero) is 1. The number of pyridine rings is 1. The lowest BCUT2D eigenvalue weighted by molar-refractivity contribution is -0.128. The third-order valence-electron chi connectivity index (χ3n) is 5.76. The molecule has 7 heteroatoms. The summed E-state index contributed by atoms with van der Waals surface area (Å²) in [7, 11) is 0. The zero-order valence-corrected chi connectivity index (χ0v) is 18.6. The molecule has 1 aliphatic rings. The number of nitrogens with zero attached hydrogens (tertiary/aromatic N) is 2. The van der Waals surface area contributed by atoms with E-state index >= 15 is 0 Å². The Balaban J connectivity index is 1.50. The average molecular weight is 437 g/mol. The van der Waals surface area contributed by atoms with Gasteiger partial charge in [-0.15, -0.1) is 0 Å². The number of primary amides is 1. The summed E-state index contributed by atoms with van der Waals surface area (Å²) in [6, 6.07) is 13.8. The Morgan fingerprint density at radius 1 is 1.22 bits per heavy atom. The van der Waals surface area contributed by atoms with Gasteiger partial charge >= 0.3 is 0 Å². The number of carbonyl (C=O) groups is 3. The fourth-order valence-corrected chi connectivity index (χ4v) is 4.13. The highest BCUT2D eigenvalue weighted by molar-refractivity contribution is 5.90. The summed E-state index contributed by atoms with van der Waals surface area (Å²) in [4.78, 5) is 42.6. The second-order valence-electron chi connectivity index (χ2n) is 8.65. The minimum Gasteiger partial charge on any atom is -0.370 e. The molecule has 170 valence electrons. The summed E-state index contributed by atoms with van der Waals surface area (Å²) in [5.74, 6) is -0.707. The number of nitrogens with one attached hydrogen (secondary N) is 1. The molecule has 2 atom stereocenters. The first kappa shape index (κ1) is 23.6. The number of rotatable bonds is 9. The van der Waals surface area contributed by atoms with Crippen LogP contribution in [0.3, 0.4) is 0 Å². The highest BCUT2D eigenvalue weighted by atomic mass is 16.2. The summed E-state index contributed by atoms with van der Waals surface area (Å²) < 4.78 is 0. The lowest BCUT2D eigenvalue weighted by atomic mass is 10.0. The van der Waals surface area contributed by atoms with Crippen LogP contribution in [0.4, 0.5) is 0 Å². The van der Waals surface area contributed by atoms with Gasteiger partial charge in [0.15, 0.2) is 5.78 Å². The minimum absolute atomic E-state index is 0.0423. The van der Waals surface area contributed by atoms with Gasteiger partial charge in [0.05, 0.1) is 18.3 Å². The topological polar surface area (TPSA) is 105 Å². The van der Waals surface area contributed by atoms with Crippen LogP contribution in [0, 0.1) is 5.92 Å². The van der Waals surface area contributed by atoms with E-state index in [1.165, 1.54) is 5.56 Å². The molecule has 7 nitrogen and oxygen atoms in total. The lowest BCUT2D eigenvalue weighted by Crippen LogP contribution is -2.43. The SMILES string of the molecule is CC(CC(N)=O)CC(=O)N[C@H]1CCCN(CCc2cccc(-c3ccccn3)c2)CC1=O. The van der Waals surface area contributed by atoms with Gasteiger partial charge in [0.1, 0.15) is 0 Å². The predicted octanol–water partition coefficient (Wildman–Crippen LogP) is 2.34. The number of benzene rings is 1. The maximum atomic E-state index is 12.7. The van der Waals surface area contributed by atoms with E-state index in [0.717, 1.165) is 37.2 Å². The van der Waals surface area contributed by atoms with Crippen LogP contribution < -0.4 is 11.1 Å². The molecule has 1 aliphatic heterocycles. The van der Waals surface area contributed by atoms with E-state index in [1.54, 1.807) is 6.20 Å². The number of carbonyl (C=O) groups excluding carboxylic acids is 3. The third kappa shape index (κ3) is 7.27. The van der Waals surface area contributed by atoms with Gasteiger partial charge in [-0.3, -0.25) is 24.3 Å². The predicted molar refractivity (Wildman–Crippen MR) is 124 cm³/mol. The number of hydrogen-bond donors (Lipinski definition) is 2. The summed E-state index contributed by atoms with van der Waals surface area (Å²) >= 11 is 0. The van der Waals surface area contributed by atoms with Crippen molar-refractivity contribution >= 4 is 17.6 Å². The Labute approximate surface area is 189 Å². The van der Waals surface area contributed by atoms with Gasteiger partial charge in [-0.2, -0.15) is 0 Å². The number of nitrogens with two attached hydrogens (primary N) is 1. The number of amides is 2. The Bertz CT molecular complexity index is 932. The van der Waals surface area contributed by atoms with Crippen LogP contribution in [0.5, 0.6) is 0 Å². The molecule has 1 saturated heterocycles. The molecule has 1 unspecified atom stereocenters. The summed E-state index contributed by atoms with van der Waals surface area (Å²) in [5, 5.41) is 2.86. The monoisotopic (exact) mass is 436 g/mol. The van der Waals surface area contributed by atoms with E-state index in [1.807, 2.05) is 31.2 Å². The molecule has 2 heterocycles. The molecule has 3 N–H and O–H groups in total. The molecule has 0 bridgehead atoms. The summed E-state index contributed by atoms with van der Waals surface area (Å²) in [6.07, 6.45) is 4.49. The van der Waals surface area contributed by atoms with Gasteiger partial charge < -0.3 is 11.1 Å². The van der Waals surface area contributed by atoms with Crippen molar-refractivity contribution in [2.24, 2.45) is 11.7 Å². The highest BCUT2D eigenvalue weighted by Crippen LogP contribution is 2.19. The molecule has 1 fully saturated rings. The second kappa shape index (κ2) is 11.5. The zero-order chi connectivity index (χ0) is 22.9. The van der Waals surface area contributed by atoms with Crippen LogP contribution in [-0.2, 0) is 20.8 Å². The molecule has 0 saturated carbocycles. The van der Waals surface area contributed by atoms with Crippen LogP contribution in [0.1, 0.15) is 38.2 Å². The summed E-state index contributed by atoms with van der Waals surface area (Å²) in [5.41, 5.74) is 8.43. The summed E-state index contributed by atoms with van der Waals surface area (Å²) in [6.45, 7) is 3.76. The van der Waals surface area contributed by atoms with Crippen molar-refractivity contribution in [3.63, 3.8) is 0 Å². The van der Waals surface area contributed by atoms with E-state index in [0.29, 0.717) is 13.0 Å². The van der Waals surface area contributed by atoms with Gasteiger partial charge in [0.2, 0.25) is 11.8 Å². The van der Waals surface area contributed by atoms with Crippen LogP contribution in [0.25, 0.3) is 11.3 Å². The smallest absolute Gasteiger partial charge is 0.220 e. The lowest BCUT2D eigenvalue weighted by Gasteiger charge is -2.20. The fourth-order valence-electron chi connectivity index (χ4n) is 4.13. The third-order valence-corrected chi connectivity index (χ3v) is 5.76. The number of hydrogen-bond acceptors (Lipinski definition) is 5. The Hall–Kier alpha value is -3.06. The molecule has 2 amide bonds. The van der Waals surface area contributed by atoms with Gasteiger partial charge in [0, 0.05) is 31.1 Å². The molecule has 1 aromatic heterocycles. The van der Waals surface area contributed by atoms with E-state index in [9.17, 15) is 14.4 Å². The molecular weight excluding hydrogens is 404 g/mol. The van der Waals surface area contributed by atoms with Crippen LogP contribution in [0.2, 0.25) is 0 Å². The largest absolute Gasteiger partial charge is 0.370 e. The first-order valence-corrected chi connectivity index (χ1v) is 11.2. The average Bonchev–Trinajstić information content (AvgIpc) is 2.93. The van der Waals surface area contributed by atoms with Crippen LogP contribution in [0.15, 0.2) is 48.7 Å². The maximum absolute atomic E-state index is 12.7. The molecule has 0 radical (unpaired) electrons. The maximum Gasteiger partial charge on any atom is 0.220 e. The van der Waals surface area contributed by atoms with Gasteiger partial charge in [-0.05, 0) is 55.5 Å². The quantitative estimate of drug-likeness (QED) is 0.628. The first-order chi connectivity index (χ1) is 15.4. The van der Waals surface area contributed by atoms with Gasteiger partial charge in [-0.1, -0.05) is 31.2 Å². The molecule has 2 aromatic rings. The van der Waals surface area contributed by atoms with Crippen molar-refractivity contribution in [1.82, 2.24) is 15.2 Å². The van der Waals surface area contributed by atoms with Crippen molar-refractivity contribution < 1.29 is 14.4 Å². The molecule has 0 aliphatic carbocycles. The Kier molecular flexibility index (Phi) is 8.50. The van der Waals surface area contributed by atoms with Gasteiger partial charge in [0.25, 0.3) is 0 Å². The molecule has 0 spiro atoms. The fraction of sp³-hybridized carbons (Fsp3) is 0.440. The normalized spacial score (nSPS) is 18.0. The van der Waals surface area contributed by atoms with Crippen molar-refractivity contribution in [2.75, 3.05) is 19.6 Å². The van der Waals surface area contributed by atoms with Crippen molar-refractivity contribution in [3.8, 4) is 11.3 Å². The van der Waals surface area contributed by atoms with E-state index in [4.69, 9.17) is 5.73 Å². The van der Waals surface area contributed by atoms with Crippen molar-refractivity contribution in [1.29, 1.82) is 0 Å². The highest BCUT2D eigenvalue weighted by Gasteiger charge is 2.26. The minimum atomic E-state index is -0.458. The molecule has 32 heavy (non-hydrogen) atoms. The standard InChI is InChI=1S/C25H32N4O3/c1-18(14-24(26)31)15-25(32)28-22-9-5-12-29(17-23(22)30)13-10-19-6-4-7-20(16-19)21-8-2-3-11-27-21/h2-4,6-8,11,16,18,22H,5,9-10,12-15,17H2,1H3,(H2,26,31)(H,28,32)/t18?,22-/m0/s1. The molecule has 1 aromatic carbocycles. The first-order valence-electron chi connectivity index (χ1n) is 11.2. The zero-order valence-electron chi connectivity index (χ0n) is 18.6. The molecule has 3 rings (SSSR count). The number of ketones is 1. The second-order valence-corrected chi connectivity index (χ2v) is 8.65. The van der Waals surface area contributed by atoms with E-state index in [2.05, 4.69) is 33.4 Å². The van der Waals surface area contributed by atoms with Crippen molar-refractivity contribution in [3.05, 3.63) is 54.2 Å². The van der Waals surface area contributed by atoms with Crippen LogP contribution in [-0.4, -0.2) is 53.2 Å². The number of aromatic nitrogens is 1. The van der Waals surface area contributed by atoms with E-state index in [-0.39, 0.29) is 30.4 Å². The van der Waals surface area contributed by atoms with E-state index < -0.39 is 11.9 Å². The molecular formula is C25H32N4O3. The Morgan fingerprint density at radius 3 is 2.81 bits per heavy atom. The van der Waals surface area contributed by atoms with Crippen LogP contribution >= 0.6 is 0 Å². The Morgan fingerprint density at radius 2 is 2.06 bits per heavy atom. The van der Waals surface area contributed by atoms with Gasteiger partial charge in [-0.25, -0.2) is 0 Å². The number of likely N-dealkylation sites (tertiary alicyclic amines) is 1.